The molecule has 4 heterocycles. The van der Waals surface area contributed by atoms with Crippen LogP contribution in [0.2, 0.25) is 0 Å². The molecule has 0 bridgehead atoms. The van der Waals surface area contributed by atoms with Gasteiger partial charge >= 0.3 is 0 Å². The minimum atomic E-state index is 0.608. The van der Waals surface area contributed by atoms with Crippen LogP contribution >= 0.6 is 0 Å². The van der Waals surface area contributed by atoms with E-state index in [1.165, 1.54) is 5.39 Å². The van der Waals surface area contributed by atoms with E-state index in [2.05, 4.69) is 132 Å². The summed E-state index contributed by atoms with van der Waals surface area (Å²) < 4.78 is 15.6. The lowest BCUT2D eigenvalue weighted by Gasteiger charge is -2.14. The number of furan rings is 2. The average Bonchev–Trinajstić information content (AvgIpc) is 3.87. The molecule has 4 aromatic heterocycles. The van der Waals surface area contributed by atoms with Gasteiger partial charge in [0.25, 0.3) is 0 Å². The van der Waals surface area contributed by atoms with Crippen LogP contribution in [-0.4, -0.2) is 14.5 Å². The molecular weight excluding hydrogens is 627 g/mol. The summed E-state index contributed by atoms with van der Waals surface area (Å²) in [5.41, 5.74) is 8.28. The van der Waals surface area contributed by atoms with E-state index in [4.69, 9.17) is 18.8 Å². The van der Waals surface area contributed by atoms with Gasteiger partial charge in [0.15, 0.2) is 0 Å². The van der Waals surface area contributed by atoms with Crippen LogP contribution in [0.4, 0.5) is 0 Å². The topological polar surface area (TPSA) is 57.0 Å². The molecule has 0 spiro atoms. The van der Waals surface area contributed by atoms with Gasteiger partial charge in [0, 0.05) is 48.7 Å². The minimum Gasteiger partial charge on any atom is -0.456 e. The number of benzene rings is 8. The van der Waals surface area contributed by atoms with Crippen LogP contribution in [0, 0.1) is 0 Å². The highest BCUT2D eigenvalue weighted by molar-refractivity contribution is 6.40. The van der Waals surface area contributed by atoms with Crippen molar-refractivity contribution in [1.29, 1.82) is 0 Å². The smallest absolute Gasteiger partial charge is 0.235 e. The van der Waals surface area contributed by atoms with Gasteiger partial charge in [-0.15, -0.1) is 0 Å². The maximum Gasteiger partial charge on any atom is 0.235 e. The summed E-state index contributed by atoms with van der Waals surface area (Å²) in [6, 6.07) is 52.7. The predicted molar refractivity (Wildman–Crippen MR) is 209 cm³/mol. The Balaban J connectivity index is 1.33. The second-order valence-electron chi connectivity index (χ2n) is 13.3. The summed E-state index contributed by atoms with van der Waals surface area (Å²) in [4.78, 5) is 10.8. The van der Waals surface area contributed by atoms with E-state index >= 15 is 0 Å². The maximum absolute atomic E-state index is 6.90. The van der Waals surface area contributed by atoms with Gasteiger partial charge in [-0.2, -0.15) is 0 Å². The van der Waals surface area contributed by atoms with E-state index in [9.17, 15) is 0 Å². The molecule has 5 nitrogen and oxygen atoms in total. The van der Waals surface area contributed by atoms with E-state index in [-0.39, 0.29) is 0 Å². The highest BCUT2D eigenvalue weighted by Crippen LogP contribution is 2.49. The summed E-state index contributed by atoms with van der Waals surface area (Å²) in [5, 5.41) is 12.0. The van der Waals surface area contributed by atoms with E-state index < -0.39 is 0 Å². The van der Waals surface area contributed by atoms with E-state index in [0.29, 0.717) is 5.95 Å². The van der Waals surface area contributed by atoms with Crippen LogP contribution in [0.3, 0.4) is 0 Å². The Labute approximate surface area is 289 Å². The first-order valence-electron chi connectivity index (χ1n) is 17.2. The number of fused-ring (bicyclic) bond motifs is 16. The fraction of sp³-hybridized carbons (Fsp3) is 0. The minimum absolute atomic E-state index is 0.608. The van der Waals surface area contributed by atoms with Gasteiger partial charge < -0.3 is 8.83 Å². The zero-order valence-electron chi connectivity index (χ0n) is 27.1. The fourth-order valence-corrected chi connectivity index (χ4v) is 8.48. The van der Waals surface area contributed by atoms with Gasteiger partial charge in [0.05, 0.1) is 27.6 Å². The zero-order chi connectivity index (χ0) is 33.2. The van der Waals surface area contributed by atoms with Crippen LogP contribution in [-0.2, 0) is 0 Å². The molecule has 0 N–H and O–H groups in total. The molecule has 12 aromatic rings. The van der Waals surface area contributed by atoms with Gasteiger partial charge in [-0.3, -0.25) is 4.57 Å². The number of para-hydroxylation sites is 4. The summed E-state index contributed by atoms with van der Waals surface area (Å²) in [5.74, 6) is 0.608. The Morgan fingerprint density at radius 2 is 1.08 bits per heavy atom. The molecule has 51 heavy (non-hydrogen) atoms. The van der Waals surface area contributed by atoms with Gasteiger partial charge in [-0.05, 0) is 47.2 Å². The highest BCUT2D eigenvalue weighted by Gasteiger charge is 2.26. The molecule has 0 saturated heterocycles. The number of aromatic nitrogens is 3. The molecule has 0 radical (unpaired) electrons. The largest absolute Gasteiger partial charge is 0.456 e. The Bertz CT molecular complexity index is 3430. The van der Waals surface area contributed by atoms with Crippen LogP contribution in [0.25, 0.3) is 115 Å². The second-order valence-corrected chi connectivity index (χ2v) is 13.3. The molecule has 0 saturated carbocycles. The Kier molecular flexibility index (Phi) is 5.17. The van der Waals surface area contributed by atoms with Crippen molar-refractivity contribution in [1.82, 2.24) is 14.5 Å². The van der Waals surface area contributed by atoms with Crippen LogP contribution in [0.15, 0.2) is 160 Å². The van der Waals surface area contributed by atoms with Crippen LogP contribution in [0.5, 0.6) is 0 Å². The molecule has 0 aliphatic heterocycles. The van der Waals surface area contributed by atoms with Gasteiger partial charge in [-0.1, -0.05) is 115 Å². The third-order valence-corrected chi connectivity index (χ3v) is 10.6. The molecule has 0 aliphatic carbocycles. The lowest BCUT2D eigenvalue weighted by Crippen LogP contribution is -2.04. The van der Waals surface area contributed by atoms with Crippen LogP contribution < -0.4 is 0 Å². The summed E-state index contributed by atoms with van der Waals surface area (Å²) in [7, 11) is 0. The van der Waals surface area contributed by atoms with E-state index in [0.717, 1.165) is 104 Å². The standard InChI is InChI=1S/C46H25N3O2/c1-2-14-27-26(12-1)13-11-19-28(27)43-29-15-3-7-20-34(29)47-46(48-43)49-35-21-8-4-16-30(35)42-44(49)33-24-25-38-39(31-17-5-9-22-36(31)50-38)40(33)41-32-18-6-10-23-37(32)51-45(41)42/h1-25H. The molecule has 5 heteroatoms. The molecule has 12 rings (SSSR count). The van der Waals surface area contributed by atoms with Crippen molar-refractivity contribution < 1.29 is 8.83 Å². The van der Waals surface area contributed by atoms with Crippen molar-refractivity contribution in [2.45, 2.75) is 0 Å². The zero-order valence-corrected chi connectivity index (χ0v) is 27.1. The van der Waals surface area contributed by atoms with E-state index in [1.807, 2.05) is 24.3 Å². The predicted octanol–water partition coefficient (Wildman–Crippen LogP) is 12.5. The van der Waals surface area contributed by atoms with Crippen molar-refractivity contribution in [2.75, 3.05) is 0 Å². The summed E-state index contributed by atoms with van der Waals surface area (Å²) >= 11 is 0. The van der Waals surface area contributed by atoms with E-state index in [1.54, 1.807) is 0 Å². The second kappa shape index (κ2) is 9.80. The molecular formula is C46H25N3O2. The normalized spacial score (nSPS) is 12.3. The quantitative estimate of drug-likeness (QED) is 0.187. The molecule has 0 amide bonds. The van der Waals surface area contributed by atoms with Gasteiger partial charge in [-0.25, -0.2) is 9.97 Å². The van der Waals surface area contributed by atoms with Crippen molar-refractivity contribution in [3.05, 3.63) is 152 Å². The van der Waals surface area contributed by atoms with Crippen molar-refractivity contribution in [2.24, 2.45) is 0 Å². The molecule has 0 aliphatic rings. The fourth-order valence-electron chi connectivity index (χ4n) is 8.48. The maximum atomic E-state index is 6.90. The molecule has 8 aromatic carbocycles. The first kappa shape index (κ1) is 26.9. The Morgan fingerprint density at radius 3 is 1.94 bits per heavy atom. The number of hydrogen-bond donors (Lipinski definition) is 0. The lowest BCUT2D eigenvalue weighted by molar-refractivity contribution is 0.669. The first-order chi connectivity index (χ1) is 25.3. The number of hydrogen-bond acceptors (Lipinski definition) is 4. The van der Waals surface area contributed by atoms with Gasteiger partial charge in [0.2, 0.25) is 5.95 Å². The highest BCUT2D eigenvalue weighted by atomic mass is 16.3. The monoisotopic (exact) mass is 651 g/mol. The Hall–Kier alpha value is -6.98. The molecule has 0 atom stereocenters. The van der Waals surface area contributed by atoms with Crippen molar-refractivity contribution in [3.63, 3.8) is 0 Å². The lowest BCUT2D eigenvalue weighted by atomic mass is 9.95. The van der Waals surface area contributed by atoms with Gasteiger partial charge in [0.1, 0.15) is 22.3 Å². The third kappa shape index (κ3) is 3.54. The molecule has 236 valence electrons. The molecule has 0 unspecified atom stereocenters. The van der Waals surface area contributed by atoms with Crippen molar-refractivity contribution in [3.8, 4) is 17.2 Å². The summed E-state index contributed by atoms with van der Waals surface area (Å²) in [6.07, 6.45) is 0. The first-order valence-corrected chi connectivity index (χ1v) is 17.2. The Morgan fingerprint density at radius 1 is 0.412 bits per heavy atom. The van der Waals surface area contributed by atoms with Crippen molar-refractivity contribution >= 4 is 98.1 Å². The summed E-state index contributed by atoms with van der Waals surface area (Å²) in [6.45, 7) is 0. The number of rotatable bonds is 2. The molecule has 0 fully saturated rings. The average molecular weight is 652 g/mol. The van der Waals surface area contributed by atoms with Crippen LogP contribution in [0.1, 0.15) is 0 Å². The SMILES string of the molecule is c1ccc2c(-c3nc(-n4c5ccccc5c5c6oc7ccccc7c6c6c(ccc7oc8ccccc8c76)c54)nc4ccccc34)cccc2c1. The number of nitrogens with zero attached hydrogens (tertiary/aromatic N) is 3. The third-order valence-electron chi connectivity index (χ3n) is 10.6.